The molecular formula is C14H16N2OS2. The zero-order valence-electron chi connectivity index (χ0n) is 10.6. The summed E-state index contributed by atoms with van der Waals surface area (Å²) in [6.07, 6.45) is 7.86. The number of nitrogens with one attached hydrogen (secondary N) is 1. The largest absolute Gasteiger partial charge is 0.345 e. The maximum atomic E-state index is 12.1. The second-order valence-corrected chi connectivity index (χ2v) is 6.84. The number of aromatic nitrogens is 1. The highest BCUT2D eigenvalue weighted by atomic mass is 32.1. The van der Waals surface area contributed by atoms with Gasteiger partial charge in [-0.05, 0) is 37.3 Å². The molecule has 0 saturated carbocycles. The van der Waals surface area contributed by atoms with Crippen LogP contribution in [0.1, 0.15) is 44.4 Å². The van der Waals surface area contributed by atoms with Crippen molar-refractivity contribution in [1.82, 2.24) is 10.3 Å². The van der Waals surface area contributed by atoms with Gasteiger partial charge < -0.3 is 5.32 Å². The standard InChI is InChI=1S/C14H16N2OS2/c17-14(16-9-13-15-6-7-18-13)12-8-10-4-2-1-3-5-11(10)19-12/h6-8H,1-5,9H2,(H,16,17). The van der Waals surface area contributed by atoms with E-state index in [1.807, 2.05) is 5.38 Å². The Bertz CT molecular complexity index is 537. The summed E-state index contributed by atoms with van der Waals surface area (Å²) >= 11 is 3.23. The first-order valence-electron chi connectivity index (χ1n) is 6.61. The Labute approximate surface area is 120 Å². The van der Waals surface area contributed by atoms with Crippen molar-refractivity contribution in [3.05, 3.63) is 38.0 Å². The third-order valence-corrected chi connectivity index (χ3v) is 5.37. The Kier molecular flexibility index (Phi) is 3.94. The van der Waals surface area contributed by atoms with Gasteiger partial charge in [-0.1, -0.05) is 6.42 Å². The minimum Gasteiger partial charge on any atom is -0.345 e. The fraction of sp³-hybridized carbons (Fsp3) is 0.429. The molecule has 1 aliphatic carbocycles. The topological polar surface area (TPSA) is 42.0 Å². The number of rotatable bonds is 3. The van der Waals surface area contributed by atoms with Gasteiger partial charge in [0.05, 0.1) is 11.4 Å². The van der Waals surface area contributed by atoms with Crippen LogP contribution in [0.5, 0.6) is 0 Å². The van der Waals surface area contributed by atoms with Crippen molar-refractivity contribution in [1.29, 1.82) is 0 Å². The molecule has 3 rings (SSSR count). The molecule has 100 valence electrons. The lowest BCUT2D eigenvalue weighted by Crippen LogP contribution is -2.21. The van der Waals surface area contributed by atoms with E-state index in [9.17, 15) is 4.79 Å². The number of carbonyl (C=O) groups excluding carboxylic acids is 1. The van der Waals surface area contributed by atoms with Gasteiger partial charge in [0, 0.05) is 16.5 Å². The molecule has 0 atom stereocenters. The van der Waals surface area contributed by atoms with E-state index in [1.165, 1.54) is 29.7 Å². The Balaban J connectivity index is 1.66. The molecule has 2 aromatic heterocycles. The minimum atomic E-state index is 0.0354. The van der Waals surface area contributed by atoms with E-state index in [2.05, 4.69) is 16.4 Å². The quantitative estimate of drug-likeness (QED) is 0.881. The van der Waals surface area contributed by atoms with Crippen LogP contribution in [0.15, 0.2) is 17.6 Å². The van der Waals surface area contributed by atoms with E-state index < -0.39 is 0 Å². The van der Waals surface area contributed by atoms with Gasteiger partial charge in [-0.15, -0.1) is 22.7 Å². The molecule has 1 N–H and O–H groups in total. The first-order valence-corrected chi connectivity index (χ1v) is 8.31. The number of thiophene rings is 1. The molecule has 19 heavy (non-hydrogen) atoms. The molecule has 0 bridgehead atoms. The molecule has 1 aliphatic rings. The van der Waals surface area contributed by atoms with Gasteiger partial charge >= 0.3 is 0 Å². The monoisotopic (exact) mass is 292 g/mol. The maximum Gasteiger partial charge on any atom is 0.261 e. The Morgan fingerprint density at radius 1 is 1.32 bits per heavy atom. The van der Waals surface area contributed by atoms with Crippen LogP contribution in [0.2, 0.25) is 0 Å². The average Bonchev–Trinajstić information content (AvgIpc) is 3.02. The van der Waals surface area contributed by atoms with Crippen LogP contribution >= 0.6 is 22.7 Å². The second-order valence-electron chi connectivity index (χ2n) is 4.73. The number of thiazole rings is 1. The summed E-state index contributed by atoms with van der Waals surface area (Å²) in [5.74, 6) is 0.0354. The zero-order valence-corrected chi connectivity index (χ0v) is 12.3. The van der Waals surface area contributed by atoms with Crippen LogP contribution in [0, 0.1) is 0 Å². The third-order valence-electron chi connectivity index (χ3n) is 3.35. The summed E-state index contributed by atoms with van der Waals surface area (Å²) in [5.41, 5.74) is 1.39. The van der Waals surface area contributed by atoms with E-state index in [0.29, 0.717) is 6.54 Å². The van der Waals surface area contributed by atoms with E-state index in [4.69, 9.17) is 0 Å². The Morgan fingerprint density at radius 3 is 3.05 bits per heavy atom. The highest BCUT2D eigenvalue weighted by Crippen LogP contribution is 2.28. The molecule has 3 nitrogen and oxygen atoms in total. The SMILES string of the molecule is O=C(NCc1nccs1)c1cc2c(s1)CCCCC2. The van der Waals surface area contributed by atoms with Gasteiger partial charge in [0.1, 0.15) is 5.01 Å². The van der Waals surface area contributed by atoms with Crippen molar-refractivity contribution in [3.63, 3.8) is 0 Å². The van der Waals surface area contributed by atoms with Crippen molar-refractivity contribution in [2.75, 3.05) is 0 Å². The highest BCUT2D eigenvalue weighted by Gasteiger charge is 2.16. The van der Waals surface area contributed by atoms with Crippen LogP contribution in [0.3, 0.4) is 0 Å². The molecule has 0 unspecified atom stereocenters. The minimum absolute atomic E-state index is 0.0354. The summed E-state index contributed by atoms with van der Waals surface area (Å²) < 4.78 is 0. The normalized spacial score (nSPS) is 14.7. The first kappa shape index (κ1) is 12.8. The summed E-state index contributed by atoms with van der Waals surface area (Å²) in [7, 11) is 0. The summed E-state index contributed by atoms with van der Waals surface area (Å²) in [5, 5.41) is 5.82. The van der Waals surface area contributed by atoms with Crippen molar-refractivity contribution < 1.29 is 4.79 Å². The number of hydrogen-bond donors (Lipinski definition) is 1. The predicted molar refractivity (Wildman–Crippen MR) is 78.9 cm³/mol. The number of amides is 1. The molecular weight excluding hydrogens is 276 g/mol. The lowest BCUT2D eigenvalue weighted by Gasteiger charge is -2.00. The van der Waals surface area contributed by atoms with Gasteiger partial charge in [-0.3, -0.25) is 4.79 Å². The molecule has 2 aromatic rings. The highest BCUT2D eigenvalue weighted by molar-refractivity contribution is 7.14. The van der Waals surface area contributed by atoms with Crippen LogP contribution in [-0.2, 0) is 19.4 Å². The van der Waals surface area contributed by atoms with E-state index >= 15 is 0 Å². The van der Waals surface area contributed by atoms with Crippen LogP contribution in [-0.4, -0.2) is 10.9 Å². The van der Waals surface area contributed by atoms with Gasteiger partial charge in [-0.2, -0.15) is 0 Å². The third kappa shape index (κ3) is 3.04. The fourth-order valence-corrected chi connectivity index (χ4v) is 4.09. The second kappa shape index (κ2) is 5.84. The van der Waals surface area contributed by atoms with Crippen LogP contribution in [0.25, 0.3) is 0 Å². The number of nitrogens with zero attached hydrogens (tertiary/aromatic N) is 1. The lowest BCUT2D eigenvalue weighted by atomic mass is 10.1. The molecule has 5 heteroatoms. The van der Waals surface area contributed by atoms with Crippen molar-refractivity contribution >= 4 is 28.6 Å². The average molecular weight is 292 g/mol. The molecule has 0 aromatic carbocycles. The molecule has 0 saturated heterocycles. The summed E-state index contributed by atoms with van der Waals surface area (Å²) in [6, 6.07) is 2.09. The number of carbonyl (C=O) groups is 1. The molecule has 0 spiro atoms. The molecule has 1 amide bonds. The maximum absolute atomic E-state index is 12.1. The van der Waals surface area contributed by atoms with Gasteiger partial charge in [-0.25, -0.2) is 4.98 Å². The van der Waals surface area contributed by atoms with E-state index in [-0.39, 0.29) is 5.91 Å². The summed E-state index contributed by atoms with van der Waals surface area (Å²) in [6.45, 7) is 0.527. The predicted octanol–water partition coefficient (Wildman–Crippen LogP) is 3.40. The lowest BCUT2D eigenvalue weighted by molar-refractivity contribution is 0.0955. The molecule has 0 aliphatic heterocycles. The van der Waals surface area contributed by atoms with E-state index in [0.717, 1.165) is 22.7 Å². The van der Waals surface area contributed by atoms with Crippen LogP contribution in [0.4, 0.5) is 0 Å². The fourth-order valence-electron chi connectivity index (χ4n) is 2.36. The number of hydrogen-bond acceptors (Lipinski definition) is 4. The Hall–Kier alpha value is -1.20. The number of fused-ring (bicyclic) bond motifs is 1. The molecule has 0 fully saturated rings. The number of aryl methyl sites for hydroxylation is 2. The smallest absolute Gasteiger partial charge is 0.261 e. The molecule has 2 heterocycles. The van der Waals surface area contributed by atoms with Gasteiger partial charge in [0.25, 0.3) is 5.91 Å². The molecule has 0 radical (unpaired) electrons. The Morgan fingerprint density at radius 2 is 2.21 bits per heavy atom. The van der Waals surface area contributed by atoms with E-state index in [1.54, 1.807) is 28.9 Å². The summed E-state index contributed by atoms with van der Waals surface area (Å²) in [4.78, 5) is 18.6. The van der Waals surface area contributed by atoms with Gasteiger partial charge in [0.2, 0.25) is 0 Å². The van der Waals surface area contributed by atoms with Crippen LogP contribution < -0.4 is 5.32 Å². The van der Waals surface area contributed by atoms with Crippen molar-refractivity contribution in [2.45, 2.75) is 38.6 Å². The van der Waals surface area contributed by atoms with Crippen molar-refractivity contribution in [3.8, 4) is 0 Å². The first-order chi connectivity index (χ1) is 9.33. The zero-order chi connectivity index (χ0) is 13.1. The van der Waals surface area contributed by atoms with Crippen molar-refractivity contribution in [2.24, 2.45) is 0 Å². The van der Waals surface area contributed by atoms with Gasteiger partial charge in [0.15, 0.2) is 0 Å².